The van der Waals surface area contributed by atoms with E-state index in [9.17, 15) is 0 Å². The summed E-state index contributed by atoms with van der Waals surface area (Å²) in [6.07, 6.45) is 4.04. The number of thioether (sulfide) groups is 1. The van der Waals surface area contributed by atoms with Crippen LogP contribution >= 0.6 is 11.8 Å². The smallest absolute Gasteiger partial charge is 0.0705 e. The number of hydrogen-bond acceptors (Lipinski definition) is 3. The van der Waals surface area contributed by atoms with Crippen molar-refractivity contribution in [1.82, 2.24) is 10.3 Å². The Kier molecular flexibility index (Phi) is 4.25. The summed E-state index contributed by atoms with van der Waals surface area (Å²) in [4.78, 5) is 4.38. The Balaban J connectivity index is 2.08. The molecule has 0 spiro atoms. The Morgan fingerprint density at radius 1 is 1.22 bits per heavy atom. The molecule has 0 unspecified atom stereocenters. The highest BCUT2D eigenvalue weighted by molar-refractivity contribution is 7.99. The van der Waals surface area contributed by atoms with Crippen molar-refractivity contribution in [2.45, 2.75) is 25.1 Å². The first-order chi connectivity index (χ1) is 8.62. The summed E-state index contributed by atoms with van der Waals surface area (Å²) in [6, 6.07) is 10.4. The number of nitrogens with one attached hydrogen (secondary N) is 1. The van der Waals surface area contributed by atoms with Crippen molar-refractivity contribution in [3.63, 3.8) is 0 Å². The predicted molar refractivity (Wildman–Crippen MR) is 81.0 cm³/mol. The van der Waals surface area contributed by atoms with E-state index >= 15 is 0 Å². The van der Waals surface area contributed by atoms with Gasteiger partial charge in [0.25, 0.3) is 0 Å². The van der Waals surface area contributed by atoms with Gasteiger partial charge in [-0.25, -0.2) is 0 Å². The van der Waals surface area contributed by atoms with Gasteiger partial charge in [0.05, 0.1) is 5.52 Å². The molecule has 1 aromatic heterocycles. The molecular formula is C15H20N2S. The largest absolute Gasteiger partial charge is 0.311 e. The van der Waals surface area contributed by atoms with Gasteiger partial charge in [-0.15, -0.1) is 0 Å². The molecule has 1 N–H and O–H groups in total. The lowest BCUT2D eigenvalue weighted by atomic mass is 10.1. The minimum Gasteiger partial charge on any atom is -0.311 e. The summed E-state index contributed by atoms with van der Waals surface area (Å²) >= 11 is 1.89. The number of hydrogen-bond donors (Lipinski definition) is 1. The van der Waals surface area contributed by atoms with E-state index in [0.29, 0.717) is 0 Å². The van der Waals surface area contributed by atoms with Crippen molar-refractivity contribution < 1.29 is 0 Å². The van der Waals surface area contributed by atoms with Crippen LogP contribution in [0.2, 0.25) is 0 Å². The quantitative estimate of drug-likeness (QED) is 0.891. The maximum atomic E-state index is 4.38. The topological polar surface area (TPSA) is 24.9 Å². The van der Waals surface area contributed by atoms with Crippen LogP contribution in [0.25, 0.3) is 10.9 Å². The second-order valence-corrected chi connectivity index (χ2v) is 6.57. The number of pyridine rings is 1. The second kappa shape index (κ2) is 5.72. The number of aromatic nitrogens is 1. The van der Waals surface area contributed by atoms with Crippen LogP contribution < -0.4 is 5.32 Å². The van der Waals surface area contributed by atoms with Crippen molar-refractivity contribution in [2.24, 2.45) is 0 Å². The maximum absolute atomic E-state index is 4.38. The van der Waals surface area contributed by atoms with E-state index < -0.39 is 0 Å². The van der Waals surface area contributed by atoms with Gasteiger partial charge in [-0.3, -0.25) is 4.98 Å². The number of para-hydroxylation sites is 1. The van der Waals surface area contributed by atoms with Crippen LogP contribution in [-0.4, -0.2) is 22.5 Å². The van der Waals surface area contributed by atoms with Crippen molar-refractivity contribution in [3.05, 3.63) is 42.1 Å². The second-order valence-electron chi connectivity index (χ2n) is 5.05. The lowest BCUT2D eigenvalue weighted by Gasteiger charge is -2.22. The highest BCUT2D eigenvalue weighted by Crippen LogP contribution is 2.20. The van der Waals surface area contributed by atoms with Crippen molar-refractivity contribution in [2.75, 3.05) is 12.8 Å². The molecule has 3 heteroatoms. The molecule has 2 rings (SSSR count). The SMILES string of the molecule is CSC(C)(C)CNCc1ccnc2ccccc12. The summed E-state index contributed by atoms with van der Waals surface area (Å²) in [5, 5.41) is 4.78. The van der Waals surface area contributed by atoms with E-state index in [0.717, 1.165) is 18.6 Å². The van der Waals surface area contributed by atoms with Gasteiger partial charge in [-0.05, 0) is 37.8 Å². The van der Waals surface area contributed by atoms with Crippen molar-refractivity contribution in [3.8, 4) is 0 Å². The molecule has 0 atom stereocenters. The van der Waals surface area contributed by atoms with Gasteiger partial charge >= 0.3 is 0 Å². The van der Waals surface area contributed by atoms with Crippen LogP contribution in [0.15, 0.2) is 36.5 Å². The van der Waals surface area contributed by atoms with Crippen LogP contribution in [0.5, 0.6) is 0 Å². The molecule has 0 bridgehead atoms. The van der Waals surface area contributed by atoms with Gasteiger partial charge < -0.3 is 5.32 Å². The summed E-state index contributed by atoms with van der Waals surface area (Å²) in [7, 11) is 0. The molecule has 18 heavy (non-hydrogen) atoms. The molecule has 0 aliphatic heterocycles. The van der Waals surface area contributed by atoms with Gasteiger partial charge in [0.1, 0.15) is 0 Å². The average Bonchev–Trinajstić information content (AvgIpc) is 2.39. The van der Waals surface area contributed by atoms with Crippen molar-refractivity contribution >= 4 is 22.7 Å². The molecule has 1 heterocycles. The Bertz CT molecular complexity index is 517. The highest BCUT2D eigenvalue weighted by atomic mass is 32.2. The lowest BCUT2D eigenvalue weighted by Crippen LogP contribution is -2.31. The first-order valence-corrected chi connectivity index (χ1v) is 7.43. The van der Waals surface area contributed by atoms with Gasteiger partial charge in [-0.1, -0.05) is 18.2 Å². The van der Waals surface area contributed by atoms with Gasteiger partial charge in [-0.2, -0.15) is 11.8 Å². The molecule has 0 amide bonds. The molecule has 0 saturated carbocycles. The van der Waals surface area contributed by atoms with E-state index in [1.807, 2.05) is 24.0 Å². The molecule has 0 radical (unpaired) electrons. The summed E-state index contributed by atoms with van der Waals surface area (Å²) in [6.45, 7) is 6.42. The fourth-order valence-electron chi connectivity index (χ4n) is 1.88. The molecule has 0 saturated heterocycles. The van der Waals surface area contributed by atoms with Crippen LogP contribution in [0.1, 0.15) is 19.4 Å². The Morgan fingerprint density at radius 2 is 2.00 bits per heavy atom. The Hall–Kier alpha value is -1.06. The number of nitrogens with zero attached hydrogens (tertiary/aromatic N) is 1. The fourth-order valence-corrected chi connectivity index (χ4v) is 2.13. The van der Waals surface area contributed by atoms with Crippen LogP contribution in [0.4, 0.5) is 0 Å². The maximum Gasteiger partial charge on any atom is 0.0705 e. The van der Waals surface area contributed by atoms with Crippen LogP contribution in [-0.2, 0) is 6.54 Å². The van der Waals surface area contributed by atoms with Gasteiger partial charge in [0, 0.05) is 29.4 Å². The first-order valence-electron chi connectivity index (χ1n) is 6.21. The summed E-state index contributed by atoms with van der Waals surface area (Å²) < 4.78 is 0.281. The van der Waals surface area contributed by atoms with Crippen molar-refractivity contribution in [1.29, 1.82) is 0 Å². The standard InChI is InChI=1S/C15H20N2S/c1-15(2,18-3)11-16-10-12-8-9-17-14-7-5-4-6-13(12)14/h4-9,16H,10-11H2,1-3H3. The molecule has 0 fully saturated rings. The molecule has 0 aliphatic carbocycles. The van der Waals surface area contributed by atoms with Crippen LogP contribution in [0, 0.1) is 0 Å². The van der Waals surface area contributed by atoms with Gasteiger partial charge in [0.15, 0.2) is 0 Å². The average molecular weight is 260 g/mol. The minimum atomic E-state index is 0.281. The fraction of sp³-hybridized carbons (Fsp3) is 0.400. The Labute approximate surface area is 113 Å². The third-order valence-electron chi connectivity index (χ3n) is 3.16. The van der Waals surface area contributed by atoms with E-state index in [1.54, 1.807) is 0 Å². The zero-order valence-corrected chi connectivity index (χ0v) is 12.1. The molecule has 2 nitrogen and oxygen atoms in total. The third-order valence-corrected chi connectivity index (χ3v) is 4.41. The molecular weight excluding hydrogens is 240 g/mol. The Morgan fingerprint density at radius 3 is 2.78 bits per heavy atom. The van der Waals surface area contributed by atoms with Crippen LogP contribution in [0.3, 0.4) is 0 Å². The minimum absolute atomic E-state index is 0.281. The first kappa shape index (κ1) is 13.4. The van der Waals surface area contributed by atoms with E-state index in [1.165, 1.54) is 10.9 Å². The van der Waals surface area contributed by atoms with Gasteiger partial charge in [0.2, 0.25) is 0 Å². The monoisotopic (exact) mass is 260 g/mol. The number of fused-ring (bicyclic) bond motifs is 1. The highest BCUT2D eigenvalue weighted by Gasteiger charge is 2.14. The van der Waals surface area contributed by atoms with E-state index in [-0.39, 0.29) is 4.75 Å². The summed E-state index contributed by atoms with van der Waals surface area (Å²) in [5.74, 6) is 0. The zero-order chi connectivity index (χ0) is 13.0. The summed E-state index contributed by atoms with van der Waals surface area (Å²) in [5.41, 5.74) is 2.39. The normalized spacial score (nSPS) is 11.9. The lowest BCUT2D eigenvalue weighted by molar-refractivity contribution is 0.592. The predicted octanol–water partition coefficient (Wildman–Crippen LogP) is 3.47. The number of rotatable bonds is 5. The molecule has 96 valence electrons. The molecule has 1 aromatic carbocycles. The molecule has 0 aliphatic rings. The van der Waals surface area contributed by atoms with E-state index in [2.05, 4.69) is 54.7 Å². The third kappa shape index (κ3) is 3.24. The molecule has 2 aromatic rings. The number of benzene rings is 1. The zero-order valence-electron chi connectivity index (χ0n) is 11.2. The van der Waals surface area contributed by atoms with E-state index in [4.69, 9.17) is 0 Å².